The van der Waals surface area contributed by atoms with E-state index in [0.717, 1.165) is 54.6 Å². The first kappa shape index (κ1) is 15.4. The third-order valence-electron chi connectivity index (χ3n) is 3.67. The summed E-state index contributed by atoms with van der Waals surface area (Å²) in [6, 6.07) is 0. The predicted molar refractivity (Wildman–Crippen MR) is 83.2 cm³/mol. The van der Waals surface area contributed by atoms with Crippen LogP contribution in [0.3, 0.4) is 0 Å². The van der Waals surface area contributed by atoms with Crippen LogP contribution in [0.25, 0.3) is 0 Å². The number of carbonyl (C=O) groups excluding carboxylic acids is 1. The second-order valence-corrected chi connectivity index (χ2v) is 6.55. The number of nitrogens with one attached hydrogen (secondary N) is 1. The molecule has 0 atom stereocenters. The Morgan fingerprint density at radius 2 is 2.10 bits per heavy atom. The lowest BCUT2D eigenvalue weighted by molar-refractivity contribution is 0.0956. The Kier molecular flexibility index (Phi) is 5.98. The number of hydrogen-bond donors (Lipinski definition) is 1. The summed E-state index contributed by atoms with van der Waals surface area (Å²) in [5.41, 5.74) is 0.871. The summed E-state index contributed by atoms with van der Waals surface area (Å²) in [6.07, 6.45) is 6.05. The molecule has 1 aromatic rings. The van der Waals surface area contributed by atoms with Crippen molar-refractivity contribution in [3.8, 4) is 0 Å². The van der Waals surface area contributed by atoms with Gasteiger partial charge in [-0.25, -0.2) is 4.98 Å². The molecule has 2 rings (SSSR count). The van der Waals surface area contributed by atoms with E-state index in [2.05, 4.69) is 22.1 Å². The summed E-state index contributed by atoms with van der Waals surface area (Å²) in [5, 5.41) is 4.05. The molecule has 112 valence electrons. The standard InChI is InChI=1S/C15H25N3OS/c1-3-4-8-16-15(19)14-12(2)17-13(20-14)11-18-9-6-5-7-10-18/h3-11H2,1-2H3,(H,16,19). The van der Waals surface area contributed by atoms with Gasteiger partial charge in [0.25, 0.3) is 5.91 Å². The number of aromatic nitrogens is 1. The normalized spacial score (nSPS) is 16.3. The smallest absolute Gasteiger partial charge is 0.263 e. The van der Waals surface area contributed by atoms with Crippen molar-refractivity contribution in [3.63, 3.8) is 0 Å². The Hall–Kier alpha value is -0.940. The van der Waals surface area contributed by atoms with Gasteiger partial charge in [-0.15, -0.1) is 11.3 Å². The molecule has 0 aromatic carbocycles. The van der Waals surface area contributed by atoms with Gasteiger partial charge >= 0.3 is 0 Å². The van der Waals surface area contributed by atoms with Crippen molar-refractivity contribution >= 4 is 17.2 Å². The van der Waals surface area contributed by atoms with E-state index >= 15 is 0 Å². The van der Waals surface area contributed by atoms with Crippen molar-refractivity contribution in [1.29, 1.82) is 0 Å². The number of hydrogen-bond acceptors (Lipinski definition) is 4. The van der Waals surface area contributed by atoms with Crippen LogP contribution in [0.15, 0.2) is 0 Å². The Bertz CT molecular complexity index is 438. The minimum absolute atomic E-state index is 0.0401. The summed E-state index contributed by atoms with van der Waals surface area (Å²) in [6.45, 7) is 8.04. The third-order valence-corrected chi connectivity index (χ3v) is 4.81. The maximum atomic E-state index is 12.1. The van der Waals surface area contributed by atoms with E-state index in [1.165, 1.54) is 19.3 Å². The van der Waals surface area contributed by atoms with E-state index in [9.17, 15) is 4.79 Å². The second kappa shape index (κ2) is 7.74. The van der Waals surface area contributed by atoms with Gasteiger partial charge in [0, 0.05) is 6.54 Å². The van der Waals surface area contributed by atoms with E-state index in [-0.39, 0.29) is 5.91 Å². The molecule has 4 nitrogen and oxygen atoms in total. The molecule has 1 saturated heterocycles. The van der Waals surface area contributed by atoms with Crippen LogP contribution in [0.5, 0.6) is 0 Å². The molecule has 0 bridgehead atoms. The van der Waals surface area contributed by atoms with Crippen molar-refractivity contribution in [2.75, 3.05) is 19.6 Å². The Morgan fingerprint density at radius 3 is 2.80 bits per heavy atom. The first-order valence-corrected chi connectivity index (χ1v) is 8.49. The molecular weight excluding hydrogens is 270 g/mol. The van der Waals surface area contributed by atoms with Crippen LogP contribution in [-0.2, 0) is 6.54 Å². The number of nitrogens with zero attached hydrogens (tertiary/aromatic N) is 2. The number of thiazole rings is 1. The van der Waals surface area contributed by atoms with Gasteiger partial charge < -0.3 is 5.32 Å². The van der Waals surface area contributed by atoms with Gasteiger partial charge in [-0.1, -0.05) is 19.8 Å². The highest BCUT2D eigenvalue weighted by Gasteiger charge is 2.17. The highest BCUT2D eigenvalue weighted by molar-refractivity contribution is 7.13. The van der Waals surface area contributed by atoms with Crippen molar-refractivity contribution in [2.45, 2.75) is 52.5 Å². The first-order valence-electron chi connectivity index (χ1n) is 7.67. The van der Waals surface area contributed by atoms with Crippen LogP contribution >= 0.6 is 11.3 Å². The molecule has 1 fully saturated rings. The first-order chi connectivity index (χ1) is 9.70. The monoisotopic (exact) mass is 295 g/mol. The Labute approximate surface area is 125 Å². The van der Waals surface area contributed by atoms with Crippen molar-refractivity contribution in [1.82, 2.24) is 15.2 Å². The molecule has 1 aromatic heterocycles. The van der Waals surface area contributed by atoms with E-state index < -0.39 is 0 Å². The van der Waals surface area contributed by atoms with Gasteiger partial charge in [-0.05, 0) is 39.3 Å². The van der Waals surface area contributed by atoms with Crippen LogP contribution in [0.4, 0.5) is 0 Å². The van der Waals surface area contributed by atoms with Crippen LogP contribution in [-0.4, -0.2) is 35.4 Å². The van der Waals surface area contributed by atoms with E-state index in [4.69, 9.17) is 0 Å². The summed E-state index contributed by atoms with van der Waals surface area (Å²) >= 11 is 1.55. The average Bonchev–Trinajstić information content (AvgIpc) is 2.81. The summed E-state index contributed by atoms with van der Waals surface area (Å²) in [4.78, 5) is 19.9. The summed E-state index contributed by atoms with van der Waals surface area (Å²) in [7, 11) is 0. The maximum absolute atomic E-state index is 12.1. The summed E-state index contributed by atoms with van der Waals surface area (Å²) in [5.74, 6) is 0.0401. The fourth-order valence-corrected chi connectivity index (χ4v) is 3.52. The van der Waals surface area contributed by atoms with E-state index in [0.29, 0.717) is 0 Å². The van der Waals surface area contributed by atoms with Crippen molar-refractivity contribution in [3.05, 3.63) is 15.6 Å². The Morgan fingerprint density at radius 1 is 1.35 bits per heavy atom. The van der Waals surface area contributed by atoms with Gasteiger partial charge in [0.2, 0.25) is 0 Å². The number of likely N-dealkylation sites (tertiary alicyclic amines) is 1. The fraction of sp³-hybridized carbons (Fsp3) is 0.733. The van der Waals surface area contributed by atoms with Crippen LogP contribution < -0.4 is 5.32 Å². The maximum Gasteiger partial charge on any atom is 0.263 e. The average molecular weight is 295 g/mol. The lowest BCUT2D eigenvalue weighted by Crippen LogP contribution is -2.29. The number of unbranched alkanes of at least 4 members (excludes halogenated alkanes) is 1. The SMILES string of the molecule is CCCCNC(=O)c1sc(CN2CCCCC2)nc1C. The zero-order valence-corrected chi connectivity index (χ0v) is 13.4. The largest absolute Gasteiger partial charge is 0.351 e. The van der Waals surface area contributed by atoms with Gasteiger partial charge in [0.1, 0.15) is 9.88 Å². The van der Waals surface area contributed by atoms with Gasteiger partial charge in [0.05, 0.1) is 12.2 Å². The number of carbonyl (C=O) groups is 1. The molecule has 0 spiro atoms. The highest BCUT2D eigenvalue weighted by Crippen LogP contribution is 2.21. The zero-order chi connectivity index (χ0) is 14.4. The van der Waals surface area contributed by atoms with E-state index in [1.807, 2.05) is 6.92 Å². The fourth-order valence-electron chi connectivity index (χ4n) is 2.50. The molecule has 20 heavy (non-hydrogen) atoms. The lowest BCUT2D eigenvalue weighted by atomic mass is 10.1. The molecule has 0 radical (unpaired) electrons. The zero-order valence-electron chi connectivity index (χ0n) is 12.6. The second-order valence-electron chi connectivity index (χ2n) is 5.47. The quantitative estimate of drug-likeness (QED) is 0.821. The Balaban J connectivity index is 1.92. The van der Waals surface area contributed by atoms with E-state index in [1.54, 1.807) is 11.3 Å². The topological polar surface area (TPSA) is 45.2 Å². The molecule has 0 unspecified atom stereocenters. The molecule has 0 aliphatic carbocycles. The minimum atomic E-state index is 0.0401. The molecule has 0 saturated carbocycles. The number of piperidine rings is 1. The van der Waals surface area contributed by atoms with Crippen LogP contribution in [0, 0.1) is 6.92 Å². The molecule has 5 heteroatoms. The third kappa shape index (κ3) is 4.28. The molecule has 2 heterocycles. The van der Waals surface area contributed by atoms with Crippen LogP contribution in [0.1, 0.15) is 59.4 Å². The lowest BCUT2D eigenvalue weighted by Gasteiger charge is -2.25. The van der Waals surface area contributed by atoms with Crippen molar-refractivity contribution in [2.24, 2.45) is 0 Å². The summed E-state index contributed by atoms with van der Waals surface area (Å²) < 4.78 is 0. The number of aryl methyl sites for hydroxylation is 1. The molecule has 1 N–H and O–H groups in total. The minimum Gasteiger partial charge on any atom is -0.351 e. The molecule has 1 amide bonds. The number of rotatable bonds is 6. The highest BCUT2D eigenvalue weighted by atomic mass is 32.1. The van der Waals surface area contributed by atoms with Crippen LogP contribution in [0.2, 0.25) is 0 Å². The van der Waals surface area contributed by atoms with Gasteiger partial charge in [-0.2, -0.15) is 0 Å². The molecule has 1 aliphatic rings. The molecular formula is C15H25N3OS. The van der Waals surface area contributed by atoms with Gasteiger partial charge in [-0.3, -0.25) is 9.69 Å². The molecule has 1 aliphatic heterocycles. The number of amides is 1. The van der Waals surface area contributed by atoms with Gasteiger partial charge in [0.15, 0.2) is 0 Å². The predicted octanol–water partition coefficient (Wildman–Crippen LogP) is 2.97. The van der Waals surface area contributed by atoms with Crippen molar-refractivity contribution < 1.29 is 4.79 Å².